The Morgan fingerprint density at radius 1 is 0.767 bits per heavy atom. The summed E-state index contributed by atoms with van der Waals surface area (Å²) in [5.41, 5.74) is -1.61. The van der Waals surface area contributed by atoms with E-state index in [-0.39, 0.29) is 17.1 Å². The molecular weight excluding hydrogens is 394 g/mol. The summed E-state index contributed by atoms with van der Waals surface area (Å²) >= 11 is 0. The van der Waals surface area contributed by atoms with Gasteiger partial charge >= 0.3 is 5.97 Å². The molecule has 4 N–H and O–H groups in total. The van der Waals surface area contributed by atoms with Crippen molar-refractivity contribution in [3.63, 3.8) is 0 Å². The van der Waals surface area contributed by atoms with Crippen LogP contribution in [0.1, 0.15) is 10.5 Å². The van der Waals surface area contributed by atoms with E-state index in [1.165, 1.54) is 12.3 Å². The molecule has 4 amide bonds. The zero-order chi connectivity index (χ0) is 22.8. The van der Waals surface area contributed by atoms with Crippen molar-refractivity contribution in [3.8, 4) is 0 Å². The molecule has 0 aromatic carbocycles. The smallest absolute Gasteiger partial charge is 0.353 e. The fraction of sp³-hybridized carbons (Fsp3) is 0.0526. The molecule has 0 spiro atoms. The van der Waals surface area contributed by atoms with Crippen LogP contribution >= 0.6 is 0 Å². The first kappa shape index (κ1) is 23.5. The van der Waals surface area contributed by atoms with Gasteiger partial charge in [0, 0.05) is 6.20 Å². The summed E-state index contributed by atoms with van der Waals surface area (Å²) < 4.78 is 4.36. The van der Waals surface area contributed by atoms with Crippen molar-refractivity contribution in [2.24, 2.45) is 0 Å². The zero-order valence-corrected chi connectivity index (χ0v) is 16.0. The van der Waals surface area contributed by atoms with Crippen LogP contribution in [0.2, 0.25) is 0 Å². The van der Waals surface area contributed by atoms with E-state index in [9.17, 15) is 24.0 Å². The molecule has 0 aliphatic carbocycles. The van der Waals surface area contributed by atoms with Crippen LogP contribution < -0.4 is 21.3 Å². The molecule has 0 unspecified atom stereocenters. The van der Waals surface area contributed by atoms with Gasteiger partial charge < -0.3 is 26.0 Å². The lowest BCUT2D eigenvalue weighted by molar-refractivity contribution is -0.137. The third kappa shape index (κ3) is 6.88. The van der Waals surface area contributed by atoms with Crippen molar-refractivity contribution < 1.29 is 28.7 Å². The topological polar surface area (TPSA) is 156 Å². The maximum absolute atomic E-state index is 12.0. The Balaban J connectivity index is 2.56. The summed E-state index contributed by atoms with van der Waals surface area (Å²) in [5.74, 6) is -4.40. The lowest BCUT2D eigenvalue weighted by atomic mass is 10.3. The van der Waals surface area contributed by atoms with Crippen molar-refractivity contribution in [3.05, 3.63) is 79.2 Å². The molecule has 0 radical (unpaired) electrons. The molecule has 11 nitrogen and oxygen atoms in total. The van der Waals surface area contributed by atoms with E-state index in [0.29, 0.717) is 0 Å². The number of pyridine rings is 1. The highest BCUT2D eigenvalue weighted by atomic mass is 16.5. The normalized spacial score (nSPS) is 9.37. The van der Waals surface area contributed by atoms with E-state index >= 15 is 0 Å². The van der Waals surface area contributed by atoms with Crippen molar-refractivity contribution in [1.29, 1.82) is 0 Å². The lowest BCUT2D eigenvalue weighted by Crippen LogP contribution is -2.40. The highest BCUT2D eigenvalue weighted by Crippen LogP contribution is 1.98. The number of carbonyl (C=O) groups is 5. The maximum Gasteiger partial charge on any atom is 0.353 e. The third-order valence-corrected chi connectivity index (χ3v) is 3.21. The summed E-state index contributed by atoms with van der Waals surface area (Å²) in [6.07, 6.45) is 1.40. The van der Waals surface area contributed by atoms with Crippen LogP contribution in [-0.4, -0.2) is 41.7 Å². The molecule has 0 aliphatic rings. The Labute approximate surface area is 171 Å². The number of esters is 1. The van der Waals surface area contributed by atoms with E-state index in [0.717, 1.165) is 7.11 Å². The van der Waals surface area contributed by atoms with E-state index in [2.05, 4.69) is 57.3 Å². The number of rotatable bonds is 9. The number of nitrogens with zero attached hydrogens (tertiary/aromatic N) is 1. The highest BCUT2D eigenvalue weighted by molar-refractivity contribution is 6.08. The Morgan fingerprint density at radius 2 is 1.23 bits per heavy atom. The molecular formula is C19H19N5O6. The van der Waals surface area contributed by atoms with Gasteiger partial charge in [-0.2, -0.15) is 0 Å². The summed E-state index contributed by atoms with van der Waals surface area (Å²) in [7, 11) is 1.09. The molecule has 0 aliphatic heterocycles. The molecule has 1 aromatic rings. The van der Waals surface area contributed by atoms with Gasteiger partial charge in [-0.1, -0.05) is 32.4 Å². The van der Waals surface area contributed by atoms with Gasteiger partial charge in [-0.25, -0.2) is 4.79 Å². The largest absolute Gasteiger partial charge is 0.464 e. The van der Waals surface area contributed by atoms with Gasteiger partial charge in [0.2, 0.25) is 0 Å². The van der Waals surface area contributed by atoms with Crippen LogP contribution in [0.4, 0.5) is 0 Å². The molecule has 0 saturated carbocycles. The molecule has 156 valence electrons. The minimum atomic E-state index is -0.976. The Morgan fingerprint density at radius 3 is 1.67 bits per heavy atom. The van der Waals surface area contributed by atoms with Crippen molar-refractivity contribution in [1.82, 2.24) is 26.3 Å². The average molecular weight is 413 g/mol. The number of methoxy groups -OCH3 is 1. The SMILES string of the molecule is C=C(NC(=O)C(=C)NC(=O)c1ccccn1)C(=O)NC(=C)C(=O)NC(=C)C(=O)OC. The molecule has 1 heterocycles. The Bertz CT molecular complexity index is 951. The minimum absolute atomic E-state index is 0.0545. The fourth-order valence-electron chi connectivity index (χ4n) is 1.68. The number of carbonyl (C=O) groups excluding carboxylic acids is 5. The summed E-state index contributed by atoms with van der Waals surface area (Å²) in [6.45, 7) is 13.4. The summed E-state index contributed by atoms with van der Waals surface area (Å²) in [5, 5.41) is 8.46. The number of aromatic nitrogens is 1. The zero-order valence-electron chi connectivity index (χ0n) is 16.0. The number of nitrogens with one attached hydrogen (secondary N) is 4. The van der Waals surface area contributed by atoms with Crippen molar-refractivity contribution in [2.75, 3.05) is 7.11 Å². The van der Waals surface area contributed by atoms with Crippen molar-refractivity contribution in [2.45, 2.75) is 0 Å². The molecule has 0 bridgehead atoms. The standard InChI is InChI=1S/C19H19N5O6/c1-10(15(25)22-11(2)17(27)24-13(4)19(29)30-5)21-16(26)12(3)23-18(28)14-8-6-7-9-20-14/h6-9H,1-4H2,5H3,(H,21,26)(H,22,25)(H,23,28)(H,24,27). The molecule has 0 fully saturated rings. The first-order valence-electron chi connectivity index (χ1n) is 8.07. The molecule has 1 aromatic heterocycles. The molecule has 30 heavy (non-hydrogen) atoms. The molecule has 11 heteroatoms. The number of amides is 4. The Kier molecular flexibility index (Phi) is 8.39. The first-order chi connectivity index (χ1) is 14.1. The van der Waals surface area contributed by atoms with Crippen LogP contribution in [0.3, 0.4) is 0 Å². The lowest BCUT2D eigenvalue weighted by Gasteiger charge is -2.13. The number of ether oxygens (including phenoxy) is 1. The molecule has 1 rings (SSSR count). The second-order valence-electron chi connectivity index (χ2n) is 5.44. The van der Waals surface area contributed by atoms with E-state index < -0.39 is 41.0 Å². The van der Waals surface area contributed by atoms with Crippen molar-refractivity contribution >= 4 is 29.6 Å². The van der Waals surface area contributed by atoms with Crippen LogP contribution in [0.25, 0.3) is 0 Å². The fourth-order valence-corrected chi connectivity index (χ4v) is 1.68. The highest BCUT2D eigenvalue weighted by Gasteiger charge is 2.19. The second-order valence-corrected chi connectivity index (χ2v) is 5.44. The average Bonchev–Trinajstić information content (AvgIpc) is 2.73. The first-order valence-corrected chi connectivity index (χ1v) is 8.07. The van der Waals surface area contributed by atoms with Crippen LogP contribution in [0.15, 0.2) is 73.5 Å². The minimum Gasteiger partial charge on any atom is -0.464 e. The third-order valence-electron chi connectivity index (χ3n) is 3.21. The summed E-state index contributed by atoms with van der Waals surface area (Å²) in [6, 6.07) is 4.62. The molecule has 0 atom stereocenters. The van der Waals surface area contributed by atoms with Gasteiger partial charge in [0.1, 0.15) is 11.4 Å². The second kappa shape index (κ2) is 10.7. The van der Waals surface area contributed by atoms with E-state index in [4.69, 9.17) is 0 Å². The van der Waals surface area contributed by atoms with Gasteiger partial charge in [-0.3, -0.25) is 24.2 Å². The van der Waals surface area contributed by atoms with Gasteiger partial charge in [-0.05, 0) is 12.1 Å². The summed E-state index contributed by atoms with van der Waals surface area (Å²) in [4.78, 5) is 62.9. The van der Waals surface area contributed by atoms with Crippen LogP contribution in [-0.2, 0) is 23.9 Å². The Hall–Kier alpha value is -4.54. The van der Waals surface area contributed by atoms with Crippen LogP contribution in [0.5, 0.6) is 0 Å². The van der Waals surface area contributed by atoms with E-state index in [1.54, 1.807) is 12.1 Å². The monoisotopic (exact) mass is 413 g/mol. The predicted molar refractivity (Wildman–Crippen MR) is 105 cm³/mol. The van der Waals surface area contributed by atoms with Crippen LogP contribution in [0, 0.1) is 0 Å². The number of hydrogen-bond donors (Lipinski definition) is 4. The predicted octanol–water partition coefficient (Wildman–Crippen LogP) is -0.612. The van der Waals surface area contributed by atoms with Gasteiger partial charge in [-0.15, -0.1) is 0 Å². The van der Waals surface area contributed by atoms with Gasteiger partial charge in [0.05, 0.1) is 24.2 Å². The quantitative estimate of drug-likeness (QED) is 0.311. The maximum atomic E-state index is 12.0. The number of hydrogen-bond acceptors (Lipinski definition) is 7. The van der Waals surface area contributed by atoms with Gasteiger partial charge in [0.25, 0.3) is 23.6 Å². The van der Waals surface area contributed by atoms with E-state index in [1.807, 2.05) is 0 Å². The van der Waals surface area contributed by atoms with Gasteiger partial charge in [0.15, 0.2) is 0 Å². The molecule has 0 saturated heterocycles.